The molecule has 52 heavy (non-hydrogen) atoms. The zero-order valence-corrected chi connectivity index (χ0v) is 35.1. The summed E-state index contributed by atoms with van der Waals surface area (Å²) in [6.07, 6.45) is 19.6. The molecule has 0 radical (unpaired) electrons. The SMILES string of the molecule is C=C(C(C)C)[C@H](CCC)/N=C(\C)CN(C(=O)C1=CC(S)CC=C1)[C@@H](COC(N)C(C)/C(=N\CN)C1=C(CC2CCCC2)CCC=C1C)CC(C)(C)C. The van der Waals surface area contributed by atoms with Crippen molar-refractivity contribution in [2.24, 2.45) is 44.6 Å². The average molecular weight is 736 g/mol. The van der Waals surface area contributed by atoms with E-state index in [0.717, 1.165) is 67.9 Å². The molecule has 0 aromatic rings. The first-order chi connectivity index (χ1) is 24.6. The molecule has 1 amide bonds. The van der Waals surface area contributed by atoms with Gasteiger partial charge in [0.25, 0.3) is 5.91 Å². The van der Waals surface area contributed by atoms with Crippen molar-refractivity contribution in [2.75, 3.05) is 19.8 Å². The second-order valence-electron chi connectivity index (χ2n) is 17.1. The van der Waals surface area contributed by atoms with Crippen molar-refractivity contribution in [1.29, 1.82) is 0 Å². The summed E-state index contributed by atoms with van der Waals surface area (Å²) in [6.45, 7) is 24.8. The molecule has 292 valence electrons. The standard InChI is InChI=1S/C44H73N5O2S/c1-11-16-39(32(6)29(2)3)48-31(5)26-49(43(50)36-21-15-22-38(52)24-36)37(25-44(8,9)10)27-51-42(46)33(7)41(47-28-45)40-30(4)17-14-20-35(40)23-34-18-12-13-19-34/h15,17,21,24,29,33-34,37-39,42,52H,6,11-14,16,18-20,22-23,25-28,45-46H2,1-5,7-10H3/b47-41+,48-31+/t33?,37-,38?,39+,42?/m1/s1. The molecule has 1 saturated carbocycles. The van der Waals surface area contributed by atoms with Gasteiger partial charge in [0.05, 0.1) is 37.6 Å². The van der Waals surface area contributed by atoms with Crippen LogP contribution in [0.5, 0.6) is 0 Å². The molecule has 7 nitrogen and oxygen atoms in total. The summed E-state index contributed by atoms with van der Waals surface area (Å²) in [7, 11) is 0. The van der Waals surface area contributed by atoms with E-state index < -0.39 is 6.23 Å². The molecule has 3 aliphatic carbocycles. The monoisotopic (exact) mass is 736 g/mol. The average Bonchev–Trinajstić information content (AvgIpc) is 3.60. The van der Waals surface area contributed by atoms with Gasteiger partial charge in [-0.2, -0.15) is 12.6 Å². The normalized spacial score (nSPS) is 21.6. The number of allylic oxidation sites excluding steroid dienone is 5. The van der Waals surface area contributed by atoms with Crippen LogP contribution in [-0.2, 0) is 9.53 Å². The van der Waals surface area contributed by atoms with Crippen LogP contribution in [0.25, 0.3) is 0 Å². The van der Waals surface area contributed by atoms with Gasteiger partial charge in [-0.15, -0.1) is 0 Å². The van der Waals surface area contributed by atoms with E-state index in [1.165, 1.54) is 42.4 Å². The number of carbonyl (C=O) groups excluding carboxylic acids is 1. The molecule has 0 spiro atoms. The summed E-state index contributed by atoms with van der Waals surface area (Å²) in [5, 5.41) is 0.000800. The molecule has 0 aromatic heterocycles. The predicted octanol–water partition coefficient (Wildman–Crippen LogP) is 9.56. The lowest BCUT2D eigenvalue weighted by Crippen LogP contribution is -2.49. The van der Waals surface area contributed by atoms with Crippen LogP contribution in [0.4, 0.5) is 0 Å². The zero-order valence-electron chi connectivity index (χ0n) is 34.2. The van der Waals surface area contributed by atoms with Crippen LogP contribution in [0, 0.1) is 23.2 Å². The summed E-state index contributed by atoms with van der Waals surface area (Å²) in [5.41, 5.74) is 20.7. The topological polar surface area (TPSA) is 106 Å². The lowest BCUT2D eigenvalue weighted by atomic mass is 9.80. The molecule has 1 fully saturated rings. The molecule has 0 aromatic carbocycles. The Kier molecular flexibility index (Phi) is 17.8. The fourth-order valence-corrected chi connectivity index (χ4v) is 8.32. The molecule has 3 aliphatic rings. The molecule has 3 unspecified atom stereocenters. The Labute approximate surface area is 323 Å². The van der Waals surface area contributed by atoms with E-state index in [1.807, 2.05) is 30.1 Å². The van der Waals surface area contributed by atoms with E-state index in [1.54, 1.807) is 0 Å². The second-order valence-corrected chi connectivity index (χ2v) is 17.8. The van der Waals surface area contributed by atoms with Crippen LogP contribution in [-0.4, -0.2) is 65.6 Å². The van der Waals surface area contributed by atoms with Crippen LogP contribution in [0.15, 0.2) is 68.7 Å². The van der Waals surface area contributed by atoms with Crippen molar-refractivity contribution >= 4 is 30.0 Å². The minimum absolute atomic E-state index is 0.000800. The summed E-state index contributed by atoms with van der Waals surface area (Å²) >= 11 is 4.70. The van der Waals surface area contributed by atoms with Crippen molar-refractivity contribution in [3.8, 4) is 0 Å². The summed E-state index contributed by atoms with van der Waals surface area (Å²) in [6, 6.07) is -0.221. The van der Waals surface area contributed by atoms with Crippen LogP contribution < -0.4 is 11.5 Å². The third-order valence-electron chi connectivity index (χ3n) is 10.9. The van der Waals surface area contributed by atoms with E-state index in [-0.39, 0.29) is 41.2 Å². The van der Waals surface area contributed by atoms with Crippen LogP contribution >= 0.6 is 12.6 Å². The number of rotatable bonds is 19. The highest BCUT2D eigenvalue weighted by atomic mass is 32.1. The molecule has 0 bridgehead atoms. The number of ether oxygens (including phenoxy) is 1. The maximum atomic E-state index is 14.5. The van der Waals surface area contributed by atoms with Gasteiger partial charge in [0, 0.05) is 22.5 Å². The Morgan fingerprint density at radius 3 is 2.48 bits per heavy atom. The first-order valence-electron chi connectivity index (χ1n) is 20.2. The molecular formula is C44H73N5O2S. The number of aliphatic imine (C=N–C) groups is 2. The molecule has 8 heteroatoms. The molecular weight excluding hydrogens is 663 g/mol. The zero-order chi connectivity index (χ0) is 38.6. The Balaban J connectivity index is 1.96. The van der Waals surface area contributed by atoms with Gasteiger partial charge in [0.15, 0.2) is 0 Å². The Morgan fingerprint density at radius 2 is 1.88 bits per heavy atom. The fraction of sp³-hybridized carbons (Fsp3) is 0.705. The predicted molar refractivity (Wildman–Crippen MR) is 226 cm³/mol. The van der Waals surface area contributed by atoms with Crippen molar-refractivity contribution in [1.82, 2.24) is 4.90 Å². The first kappa shape index (κ1) is 44.1. The molecule has 0 aliphatic heterocycles. The van der Waals surface area contributed by atoms with Gasteiger partial charge in [-0.25, -0.2) is 0 Å². The van der Waals surface area contributed by atoms with Crippen molar-refractivity contribution < 1.29 is 9.53 Å². The third kappa shape index (κ3) is 13.2. The minimum atomic E-state index is -0.631. The van der Waals surface area contributed by atoms with Crippen LogP contribution in [0.1, 0.15) is 133 Å². The van der Waals surface area contributed by atoms with Gasteiger partial charge >= 0.3 is 0 Å². The summed E-state index contributed by atoms with van der Waals surface area (Å²) < 4.78 is 6.66. The maximum absolute atomic E-state index is 14.5. The number of hydrogen-bond donors (Lipinski definition) is 3. The minimum Gasteiger partial charge on any atom is -0.361 e. The molecule has 0 saturated heterocycles. The quantitative estimate of drug-likeness (QED) is 0.0532. The lowest BCUT2D eigenvalue weighted by molar-refractivity contribution is -0.131. The van der Waals surface area contributed by atoms with Crippen molar-refractivity contribution in [3.63, 3.8) is 0 Å². The van der Waals surface area contributed by atoms with Gasteiger partial charge in [-0.05, 0) is 80.8 Å². The van der Waals surface area contributed by atoms with Gasteiger partial charge in [0.2, 0.25) is 0 Å². The van der Waals surface area contributed by atoms with Gasteiger partial charge < -0.3 is 21.1 Å². The van der Waals surface area contributed by atoms with Gasteiger partial charge in [-0.1, -0.05) is 123 Å². The molecule has 5 atom stereocenters. The van der Waals surface area contributed by atoms with E-state index >= 15 is 0 Å². The lowest BCUT2D eigenvalue weighted by Gasteiger charge is -2.37. The highest BCUT2D eigenvalue weighted by Crippen LogP contribution is 2.38. The summed E-state index contributed by atoms with van der Waals surface area (Å²) in [4.78, 5) is 26.6. The number of thiol groups is 1. The summed E-state index contributed by atoms with van der Waals surface area (Å²) in [5.74, 6) is 0.855. The number of amides is 1. The van der Waals surface area contributed by atoms with E-state index in [9.17, 15) is 4.79 Å². The van der Waals surface area contributed by atoms with Crippen LogP contribution in [0.3, 0.4) is 0 Å². The first-order valence-corrected chi connectivity index (χ1v) is 20.7. The smallest absolute Gasteiger partial charge is 0.254 e. The van der Waals surface area contributed by atoms with Gasteiger partial charge in [0.1, 0.15) is 6.23 Å². The maximum Gasteiger partial charge on any atom is 0.254 e. The molecule has 3 rings (SSSR count). The number of hydrogen-bond acceptors (Lipinski definition) is 7. The van der Waals surface area contributed by atoms with Crippen molar-refractivity contribution in [3.05, 3.63) is 58.7 Å². The second kappa shape index (κ2) is 21.0. The van der Waals surface area contributed by atoms with E-state index in [4.69, 9.17) is 38.8 Å². The fourth-order valence-electron chi connectivity index (χ4n) is 8.04. The number of carbonyl (C=O) groups is 1. The molecule has 0 heterocycles. The van der Waals surface area contributed by atoms with E-state index in [2.05, 4.69) is 68.0 Å². The largest absolute Gasteiger partial charge is 0.361 e. The Hall–Kier alpha value is -2.26. The highest BCUT2D eigenvalue weighted by Gasteiger charge is 2.33. The third-order valence-corrected chi connectivity index (χ3v) is 11.3. The van der Waals surface area contributed by atoms with Crippen LogP contribution in [0.2, 0.25) is 0 Å². The highest BCUT2D eigenvalue weighted by molar-refractivity contribution is 7.81. The Bertz CT molecular complexity index is 1390. The Morgan fingerprint density at radius 1 is 1.19 bits per heavy atom. The van der Waals surface area contributed by atoms with E-state index in [0.29, 0.717) is 24.6 Å². The number of nitrogens with zero attached hydrogens (tertiary/aromatic N) is 3. The molecule has 4 N–H and O–H groups in total. The number of nitrogens with two attached hydrogens (primary N) is 2. The van der Waals surface area contributed by atoms with Crippen molar-refractivity contribution in [2.45, 2.75) is 157 Å². The van der Waals surface area contributed by atoms with Gasteiger partial charge in [-0.3, -0.25) is 14.8 Å².